The molecule has 2 N–H and O–H groups in total. The summed E-state index contributed by atoms with van der Waals surface area (Å²) < 4.78 is 11.0. The number of hydrogen-bond donors (Lipinski definition) is 2. The summed E-state index contributed by atoms with van der Waals surface area (Å²) in [4.78, 5) is 4.18. The van der Waals surface area contributed by atoms with Crippen LogP contribution in [-0.4, -0.2) is 33.3 Å². The third-order valence-electron chi connectivity index (χ3n) is 2.92. The smallest absolute Gasteiger partial charge is 0.191 e. The lowest BCUT2D eigenvalue weighted by Gasteiger charge is -2.14. The molecule has 1 rings (SSSR count). The molecule has 0 fully saturated rings. The standard InChI is InChI=1S/C16H27N3O2/c1-5-9-18-16(17-3)19-12-13-7-8-14(21-10-6-2)15(11-13)20-4/h7-8,11H,5-6,9-10,12H2,1-4H3,(H2,17,18,19). The minimum Gasteiger partial charge on any atom is -0.493 e. The lowest BCUT2D eigenvalue weighted by atomic mass is 10.2. The summed E-state index contributed by atoms with van der Waals surface area (Å²) >= 11 is 0. The minimum absolute atomic E-state index is 0.688. The zero-order valence-corrected chi connectivity index (χ0v) is 13.5. The van der Waals surface area contributed by atoms with Gasteiger partial charge in [0.2, 0.25) is 0 Å². The molecule has 0 saturated heterocycles. The zero-order chi connectivity index (χ0) is 15.5. The summed E-state index contributed by atoms with van der Waals surface area (Å²) in [6.07, 6.45) is 2.05. The van der Waals surface area contributed by atoms with Crippen LogP contribution in [0.4, 0.5) is 0 Å². The predicted octanol–water partition coefficient (Wildman–Crippen LogP) is 2.56. The van der Waals surface area contributed by atoms with Gasteiger partial charge >= 0.3 is 0 Å². The molecule has 0 spiro atoms. The fraction of sp³-hybridized carbons (Fsp3) is 0.562. The van der Waals surface area contributed by atoms with Gasteiger partial charge in [-0.2, -0.15) is 0 Å². The minimum atomic E-state index is 0.688. The van der Waals surface area contributed by atoms with E-state index in [-0.39, 0.29) is 0 Å². The second-order valence-corrected chi connectivity index (χ2v) is 4.69. The van der Waals surface area contributed by atoms with Gasteiger partial charge < -0.3 is 20.1 Å². The van der Waals surface area contributed by atoms with E-state index in [4.69, 9.17) is 9.47 Å². The van der Waals surface area contributed by atoms with Crippen LogP contribution in [0.3, 0.4) is 0 Å². The van der Waals surface area contributed by atoms with E-state index < -0.39 is 0 Å². The van der Waals surface area contributed by atoms with Crippen molar-refractivity contribution in [2.75, 3.05) is 27.3 Å². The molecule has 0 amide bonds. The highest BCUT2D eigenvalue weighted by Crippen LogP contribution is 2.28. The number of nitrogens with one attached hydrogen (secondary N) is 2. The molecule has 5 nitrogen and oxygen atoms in total. The van der Waals surface area contributed by atoms with E-state index in [9.17, 15) is 0 Å². The van der Waals surface area contributed by atoms with Crippen molar-refractivity contribution in [2.45, 2.75) is 33.2 Å². The molecule has 0 aliphatic rings. The molecule has 0 aliphatic carbocycles. The first-order valence-electron chi connectivity index (χ1n) is 7.49. The molecule has 0 atom stereocenters. The van der Waals surface area contributed by atoms with Crippen LogP contribution < -0.4 is 20.1 Å². The average Bonchev–Trinajstić information content (AvgIpc) is 2.53. The monoisotopic (exact) mass is 293 g/mol. The topological polar surface area (TPSA) is 54.9 Å². The van der Waals surface area contributed by atoms with E-state index in [0.29, 0.717) is 13.2 Å². The summed E-state index contributed by atoms with van der Waals surface area (Å²) in [6.45, 7) is 6.50. The van der Waals surface area contributed by atoms with Crippen molar-refractivity contribution in [1.29, 1.82) is 0 Å². The molecule has 0 bridgehead atoms. The van der Waals surface area contributed by atoms with Crippen molar-refractivity contribution in [1.82, 2.24) is 10.6 Å². The van der Waals surface area contributed by atoms with E-state index >= 15 is 0 Å². The lowest BCUT2D eigenvalue weighted by Crippen LogP contribution is -2.37. The molecule has 1 aromatic rings. The molecule has 118 valence electrons. The van der Waals surface area contributed by atoms with Crippen LogP contribution in [0.25, 0.3) is 0 Å². The highest BCUT2D eigenvalue weighted by molar-refractivity contribution is 5.79. The van der Waals surface area contributed by atoms with Gasteiger partial charge in [0, 0.05) is 20.1 Å². The van der Waals surface area contributed by atoms with E-state index in [1.165, 1.54) is 0 Å². The fourth-order valence-electron chi connectivity index (χ4n) is 1.80. The Bertz CT molecular complexity index is 447. The van der Waals surface area contributed by atoms with Crippen molar-refractivity contribution in [3.63, 3.8) is 0 Å². The third kappa shape index (κ3) is 5.94. The van der Waals surface area contributed by atoms with E-state index in [1.807, 2.05) is 18.2 Å². The van der Waals surface area contributed by atoms with Crippen LogP contribution in [0.5, 0.6) is 11.5 Å². The molecule has 21 heavy (non-hydrogen) atoms. The molecule has 0 heterocycles. The van der Waals surface area contributed by atoms with Crippen LogP contribution in [0.15, 0.2) is 23.2 Å². The van der Waals surface area contributed by atoms with Gasteiger partial charge in [-0.1, -0.05) is 19.9 Å². The zero-order valence-electron chi connectivity index (χ0n) is 13.5. The second-order valence-electron chi connectivity index (χ2n) is 4.69. The number of guanidine groups is 1. The Hall–Kier alpha value is -1.91. The van der Waals surface area contributed by atoms with Crippen LogP contribution in [-0.2, 0) is 6.54 Å². The van der Waals surface area contributed by atoms with Gasteiger partial charge in [-0.25, -0.2) is 0 Å². The van der Waals surface area contributed by atoms with Gasteiger partial charge in [-0.3, -0.25) is 4.99 Å². The molecule has 5 heteroatoms. The van der Waals surface area contributed by atoms with Crippen molar-refractivity contribution < 1.29 is 9.47 Å². The SMILES string of the molecule is CCCNC(=NC)NCc1ccc(OCCC)c(OC)c1. The van der Waals surface area contributed by atoms with Crippen LogP contribution in [0.1, 0.15) is 32.3 Å². The molecular weight excluding hydrogens is 266 g/mol. The maximum atomic E-state index is 5.65. The molecule has 0 unspecified atom stereocenters. The summed E-state index contributed by atoms with van der Waals surface area (Å²) in [6, 6.07) is 5.98. The number of aliphatic imine (C=N–C) groups is 1. The maximum absolute atomic E-state index is 5.65. The van der Waals surface area contributed by atoms with E-state index in [2.05, 4.69) is 29.5 Å². The fourth-order valence-corrected chi connectivity index (χ4v) is 1.80. The molecular formula is C16H27N3O2. The molecule has 0 aromatic heterocycles. The highest BCUT2D eigenvalue weighted by Gasteiger charge is 2.06. The summed E-state index contributed by atoms with van der Waals surface area (Å²) in [5, 5.41) is 6.52. The quantitative estimate of drug-likeness (QED) is 0.571. The molecule has 0 radical (unpaired) electrons. The average molecular weight is 293 g/mol. The number of methoxy groups -OCH3 is 1. The van der Waals surface area contributed by atoms with Gasteiger partial charge in [-0.15, -0.1) is 0 Å². The number of benzene rings is 1. The van der Waals surface area contributed by atoms with Gasteiger partial charge in [0.1, 0.15) is 0 Å². The molecule has 0 aliphatic heterocycles. The second kappa shape index (κ2) is 9.91. The largest absolute Gasteiger partial charge is 0.493 e. The van der Waals surface area contributed by atoms with Crippen molar-refractivity contribution in [2.24, 2.45) is 4.99 Å². The van der Waals surface area contributed by atoms with Crippen LogP contribution in [0, 0.1) is 0 Å². The maximum Gasteiger partial charge on any atom is 0.191 e. The third-order valence-corrected chi connectivity index (χ3v) is 2.92. The number of ether oxygens (including phenoxy) is 2. The first-order chi connectivity index (χ1) is 10.2. The number of rotatable bonds is 8. The number of nitrogens with zero attached hydrogens (tertiary/aromatic N) is 1. The Kier molecular flexibility index (Phi) is 8.09. The predicted molar refractivity (Wildman–Crippen MR) is 87.3 cm³/mol. The van der Waals surface area contributed by atoms with E-state index in [0.717, 1.165) is 42.4 Å². The summed E-state index contributed by atoms with van der Waals surface area (Å²) in [5.41, 5.74) is 1.12. The van der Waals surface area contributed by atoms with Crippen LogP contribution in [0.2, 0.25) is 0 Å². The first-order valence-corrected chi connectivity index (χ1v) is 7.49. The van der Waals surface area contributed by atoms with Crippen LogP contribution >= 0.6 is 0 Å². The van der Waals surface area contributed by atoms with Crippen molar-refractivity contribution in [3.05, 3.63) is 23.8 Å². The Labute approximate surface area is 127 Å². The van der Waals surface area contributed by atoms with Gasteiger partial charge in [0.05, 0.1) is 13.7 Å². The molecule has 0 saturated carbocycles. The van der Waals surface area contributed by atoms with Crippen molar-refractivity contribution >= 4 is 5.96 Å². The van der Waals surface area contributed by atoms with E-state index in [1.54, 1.807) is 14.2 Å². The Morgan fingerprint density at radius 2 is 1.95 bits per heavy atom. The Morgan fingerprint density at radius 3 is 2.57 bits per heavy atom. The highest BCUT2D eigenvalue weighted by atomic mass is 16.5. The van der Waals surface area contributed by atoms with Gasteiger partial charge in [0.15, 0.2) is 17.5 Å². The lowest BCUT2D eigenvalue weighted by molar-refractivity contribution is 0.294. The Balaban J connectivity index is 2.63. The summed E-state index contributed by atoms with van der Waals surface area (Å²) in [5.74, 6) is 2.36. The first kappa shape index (κ1) is 17.1. The summed E-state index contributed by atoms with van der Waals surface area (Å²) in [7, 11) is 3.43. The van der Waals surface area contributed by atoms with Gasteiger partial charge in [-0.05, 0) is 30.5 Å². The van der Waals surface area contributed by atoms with Crippen molar-refractivity contribution in [3.8, 4) is 11.5 Å². The van der Waals surface area contributed by atoms with Gasteiger partial charge in [0.25, 0.3) is 0 Å². The Morgan fingerprint density at radius 1 is 1.14 bits per heavy atom. The normalized spacial score (nSPS) is 11.1. The molecule has 1 aromatic carbocycles. The number of hydrogen-bond acceptors (Lipinski definition) is 3.